The van der Waals surface area contributed by atoms with Crippen LogP contribution in [-0.4, -0.2) is 9.91 Å². The summed E-state index contributed by atoms with van der Waals surface area (Å²) in [5.74, 6) is -0.0782. The van der Waals surface area contributed by atoms with Crippen molar-refractivity contribution in [1.82, 2.24) is 4.98 Å². The van der Waals surface area contributed by atoms with Gasteiger partial charge in [-0.15, -0.1) is 0 Å². The Balaban J connectivity index is 2.17. The number of ether oxygens (including phenoxy) is 1. The lowest BCUT2D eigenvalue weighted by atomic mass is 10.2. The first-order valence-electron chi connectivity index (χ1n) is 5.55. The number of aryl methyl sites for hydroxylation is 1. The van der Waals surface area contributed by atoms with Crippen molar-refractivity contribution in [3.8, 4) is 5.75 Å². The molecule has 0 unspecified atom stereocenters. The summed E-state index contributed by atoms with van der Waals surface area (Å²) in [6.07, 6.45) is 0. The van der Waals surface area contributed by atoms with Crippen molar-refractivity contribution in [3.05, 3.63) is 62.2 Å². The molecule has 0 aliphatic carbocycles. The van der Waals surface area contributed by atoms with E-state index in [1.807, 2.05) is 24.3 Å². The molecule has 0 aliphatic heterocycles. The molecule has 0 bridgehead atoms. The maximum atomic E-state index is 10.9. The van der Waals surface area contributed by atoms with Crippen LogP contribution in [-0.2, 0) is 6.61 Å². The third kappa shape index (κ3) is 3.51. The van der Waals surface area contributed by atoms with E-state index in [0.717, 1.165) is 10.0 Å². The van der Waals surface area contributed by atoms with Crippen LogP contribution in [0.5, 0.6) is 5.75 Å². The normalized spacial score (nSPS) is 10.2. The molecule has 0 saturated heterocycles. The Kier molecular flexibility index (Phi) is 4.11. The van der Waals surface area contributed by atoms with E-state index in [-0.39, 0.29) is 18.2 Å². The number of hydrogen-bond acceptors (Lipinski definition) is 4. The zero-order chi connectivity index (χ0) is 13.8. The summed E-state index contributed by atoms with van der Waals surface area (Å²) in [5.41, 5.74) is 1.51. The van der Waals surface area contributed by atoms with Crippen molar-refractivity contribution in [3.63, 3.8) is 0 Å². The molecule has 2 rings (SSSR count). The van der Waals surface area contributed by atoms with E-state index < -0.39 is 4.92 Å². The molecule has 0 amide bonds. The number of aromatic nitrogens is 1. The summed E-state index contributed by atoms with van der Waals surface area (Å²) in [4.78, 5) is 14.2. The first-order chi connectivity index (χ1) is 9.06. The maximum Gasteiger partial charge on any atom is 0.406 e. The monoisotopic (exact) mass is 322 g/mol. The maximum absolute atomic E-state index is 10.9. The highest BCUT2D eigenvalue weighted by molar-refractivity contribution is 9.10. The molecular weight excluding hydrogens is 312 g/mol. The molecule has 0 aliphatic rings. The smallest absolute Gasteiger partial charge is 0.406 e. The van der Waals surface area contributed by atoms with Crippen LogP contribution in [0, 0.1) is 17.0 Å². The SMILES string of the molecule is Cc1ccc(OCc2cccc(Br)c2)c([N+](=O)[O-])n1. The molecule has 1 aromatic heterocycles. The molecule has 0 atom stereocenters. The van der Waals surface area contributed by atoms with Gasteiger partial charge in [-0.2, -0.15) is 0 Å². The number of rotatable bonds is 4. The van der Waals surface area contributed by atoms with E-state index in [1.165, 1.54) is 0 Å². The van der Waals surface area contributed by atoms with Crippen LogP contribution in [0.1, 0.15) is 11.3 Å². The van der Waals surface area contributed by atoms with Crippen molar-refractivity contribution in [2.45, 2.75) is 13.5 Å². The van der Waals surface area contributed by atoms with Crippen molar-refractivity contribution in [2.75, 3.05) is 0 Å². The highest BCUT2D eigenvalue weighted by Gasteiger charge is 2.17. The van der Waals surface area contributed by atoms with Gasteiger partial charge >= 0.3 is 5.82 Å². The second-order valence-corrected chi connectivity index (χ2v) is 4.87. The van der Waals surface area contributed by atoms with Gasteiger partial charge in [-0.1, -0.05) is 28.1 Å². The Labute approximate surface area is 118 Å². The standard InChI is InChI=1S/C13H11BrN2O3/c1-9-5-6-12(13(15-9)16(17)18)19-8-10-3-2-4-11(14)7-10/h2-7H,8H2,1H3. The second kappa shape index (κ2) is 5.79. The molecule has 1 aromatic carbocycles. The van der Waals surface area contributed by atoms with Crippen molar-refractivity contribution in [2.24, 2.45) is 0 Å². The first kappa shape index (κ1) is 13.5. The molecule has 5 nitrogen and oxygen atoms in total. The van der Waals surface area contributed by atoms with Crippen molar-refractivity contribution < 1.29 is 9.66 Å². The fourth-order valence-electron chi connectivity index (χ4n) is 1.56. The van der Waals surface area contributed by atoms with Crippen LogP contribution in [0.4, 0.5) is 5.82 Å². The summed E-state index contributed by atoms with van der Waals surface area (Å²) in [5, 5.41) is 10.9. The number of nitrogens with zero attached hydrogens (tertiary/aromatic N) is 2. The van der Waals surface area contributed by atoms with Gasteiger partial charge in [-0.25, -0.2) is 0 Å². The van der Waals surface area contributed by atoms with Crippen LogP contribution in [0.25, 0.3) is 0 Å². The zero-order valence-electron chi connectivity index (χ0n) is 10.2. The molecule has 98 valence electrons. The minimum Gasteiger partial charge on any atom is -0.481 e. The second-order valence-electron chi connectivity index (χ2n) is 3.95. The molecule has 2 aromatic rings. The van der Waals surface area contributed by atoms with E-state index >= 15 is 0 Å². The van der Waals surface area contributed by atoms with Crippen LogP contribution < -0.4 is 4.74 Å². The first-order valence-corrected chi connectivity index (χ1v) is 6.35. The van der Waals surface area contributed by atoms with Crippen LogP contribution >= 0.6 is 15.9 Å². The van der Waals surface area contributed by atoms with Gasteiger partial charge in [0.2, 0.25) is 5.75 Å². The van der Waals surface area contributed by atoms with Gasteiger partial charge in [0.05, 0.1) is 0 Å². The number of pyridine rings is 1. The zero-order valence-corrected chi connectivity index (χ0v) is 11.8. The van der Waals surface area contributed by atoms with E-state index in [4.69, 9.17) is 4.74 Å². The highest BCUT2D eigenvalue weighted by atomic mass is 79.9. The average molecular weight is 323 g/mol. The highest BCUT2D eigenvalue weighted by Crippen LogP contribution is 2.25. The minimum atomic E-state index is -0.538. The van der Waals surface area contributed by atoms with Crippen molar-refractivity contribution >= 4 is 21.7 Å². The van der Waals surface area contributed by atoms with E-state index in [9.17, 15) is 10.1 Å². The van der Waals surface area contributed by atoms with Gasteiger partial charge in [0.1, 0.15) is 12.3 Å². The Bertz CT molecular complexity index is 617. The molecule has 19 heavy (non-hydrogen) atoms. The topological polar surface area (TPSA) is 65.3 Å². The van der Waals surface area contributed by atoms with E-state index in [1.54, 1.807) is 19.1 Å². The van der Waals surface area contributed by atoms with Gasteiger partial charge in [0.25, 0.3) is 0 Å². The summed E-state index contributed by atoms with van der Waals surface area (Å²) in [6.45, 7) is 1.95. The fraction of sp³-hybridized carbons (Fsp3) is 0.154. The van der Waals surface area contributed by atoms with Gasteiger partial charge in [-0.05, 0) is 39.7 Å². The molecule has 0 spiro atoms. The summed E-state index contributed by atoms with van der Waals surface area (Å²) < 4.78 is 6.40. The molecule has 1 heterocycles. The fourth-order valence-corrected chi connectivity index (χ4v) is 2.01. The van der Waals surface area contributed by atoms with Gasteiger partial charge in [0.15, 0.2) is 0 Å². The van der Waals surface area contributed by atoms with Crippen molar-refractivity contribution in [1.29, 1.82) is 0 Å². The minimum absolute atomic E-state index is 0.176. The van der Waals surface area contributed by atoms with Crippen LogP contribution in [0.3, 0.4) is 0 Å². The lowest BCUT2D eigenvalue weighted by Crippen LogP contribution is -2.01. The summed E-state index contributed by atoms with van der Waals surface area (Å²) in [6, 6.07) is 10.8. The Hall–Kier alpha value is -1.95. The molecule has 0 saturated carbocycles. The van der Waals surface area contributed by atoms with Gasteiger partial charge in [-0.3, -0.25) is 0 Å². The quantitative estimate of drug-likeness (QED) is 0.636. The average Bonchev–Trinajstić information content (AvgIpc) is 2.37. The van der Waals surface area contributed by atoms with E-state index in [0.29, 0.717) is 5.69 Å². The largest absolute Gasteiger partial charge is 0.481 e. The summed E-state index contributed by atoms with van der Waals surface area (Å²) >= 11 is 3.36. The number of hydrogen-bond donors (Lipinski definition) is 0. The number of nitro groups is 1. The summed E-state index contributed by atoms with van der Waals surface area (Å²) in [7, 11) is 0. The Morgan fingerprint density at radius 2 is 2.16 bits per heavy atom. The molecular formula is C13H11BrN2O3. The molecule has 6 heteroatoms. The lowest BCUT2D eigenvalue weighted by Gasteiger charge is -2.06. The number of halogens is 1. The Morgan fingerprint density at radius 1 is 1.37 bits per heavy atom. The molecule has 0 radical (unpaired) electrons. The van der Waals surface area contributed by atoms with Gasteiger partial charge < -0.3 is 14.9 Å². The predicted octanol–water partition coefficient (Wildman–Crippen LogP) is 3.64. The van der Waals surface area contributed by atoms with Crippen LogP contribution in [0.2, 0.25) is 0 Å². The predicted molar refractivity (Wildman–Crippen MR) is 74.1 cm³/mol. The Morgan fingerprint density at radius 3 is 2.84 bits per heavy atom. The molecule has 0 fully saturated rings. The third-order valence-corrected chi connectivity index (χ3v) is 2.93. The van der Waals surface area contributed by atoms with Gasteiger partial charge in [0, 0.05) is 11.4 Å². The lowest BCUT2D eigenvalue weighted by molar-refractivity contribution is -0.390. The third-order valence-electron chi connectivity index (χ3n) is 2.43. The molecule has 0 N–H and O–H groups in total. The number of benzene rings is 1. The van der Waals surface area contributed by atoms with E-state index in [2.05, 4.69) is 20.9 Å². The van der Waals surface area contributed by atoms with Crippen LogP contribution in [0.15, 0.2) is 40.9 Å².